The molecule has 1 N–H and O–H groups in total. The van der Waals surface area contributed by atoms with Crippen LogP contribution < -0.4 is 5.32 Å². The van der Waals surface area contributed by atoms with Crippen LogP contribution in [0.3, 0.4) is 0 Å². The van der Waals surface area contributed by atoms with Crippen LogP contribution in [0, 0.1) is 5.92 Å². The molecule has 0 aliphatic rings. The fourth-order valence-corrected chi connectivity index (χ4v) is 1.58. The molecule has 0 amide bonds. The van der Waals surface area contributed by atoms with Gasteiger partial charge in [-0.15, -0.1) is 0 Å². The number of carbonyl (C=O) groups is 2. The molecular weight excluding hydrogens is 282 g/mol. The van der Waals surface area contributed by atoms with Gasteiger partial charge in [-0.25, -0.2) is 9.59 Å². The molecule has 0 spiro atoms. The molecule has 5 heteroatoms. The van der Waals surface area contributed by atoms with Gasteiger partial charge in [0.05, 0.1) is 13.2 Å². The van der Waals surface area contributed by atoms with Crippen molar-refractivity contribution >= 4 is 11.9 Å². The van der Waals surface area contributed by atoms with Gasteiger partial charge in [-0.3, -0.25) is 0 Å². The third-order valence-electron chi connectivity index (χ3n) is 2.68. The molecule has 0 radical (unpaired) electrons. The largest absolute Gasteiger partial charge is 0.463 e. The first kappa shape index (κ1) is 20.1. The number of hydrogen-bond donors (Lipinski definition) is 1. The van der Waals surface area contributed by atoms with Gasteiger partial charge < -0.3 is 14.8 Å². The summed E-state index contributed by atoms with van der Waals surface area (Å²) in [6.07, 6.45) is 9.97. The first-order valence-corrected chi connectivity index (χ1v) is 7.59. The highest BCUT2D eigenvalue weighted by molar-refractivity contribution is 5.82. The molecule has 0 saturated carbocycles. The van der Waals surface area contributed by atoms with Crippen molar-refractivity contribution in [1.82, 2.24) is 5.32 Å². The smallest absolute Gasteiger partial charge is 0.330 e. The summed E-state index contributed by atoms with van der Waals surface area (Å²) in [7, 11) is 0. The Hall–Kier alpha value is -1.88. The maximum atomic E-state index is 11.1. The van der Waals surface area contributed by atoms with Crippen LogP contribution in [-0.4, -0.2) is 37.7 Å². The topological polar surface area (TPSA) is 64.6 Å². The van der Waals surface area contributed by atoms with Gasteiger partial charge in [0.1, 0.15) is 0 Å². The number of rotatable bonds is 10. The van der Waals surface area contributed by atoms with Gasteiger partial charge in [0, 0.05) is 24.7 Å². The van der Waals surface area contributed by atoms with Gasteiger partial charge >= 0.3 is 11.9 Å². The van der Waals surface area contributed by atoms with Gasteiger partial charge in [0.25, 0.3) is 0 Å². The number of hydrogen-bond acceptors (Lipinski definition) is 5. The Morgan fingerprint density at radius 1 is 1.00 bits per heavy atom. The van der Waals surface area contributed by atoms with E-state index in [0.29, 0.717) is 25.7 Å². The summed E-state index contributed by atoms with van der Waals surface area (Å²) in [6, 6.07) is 0.138. The van der Waals surface area contributed by atoms with Gasteiger partial charge in [-0.2, -0.15) is 0 Å². The Labute approximate surface area is 133 Å². The van der Waals surface area contributed by atoms with E-state index < -0.39 is 0 Å². The quantitative estimate of drug-likeness (QED) is 0.381. The molecule has 0 aliphatic carbocycles. The predicted octanol–water partition coefficient (Wildman–Crippen LogP) is 2.40. The Morgan fingerprint density at radius 2 is 1.59 bits per heavy atom. The van der Waals surface area contributed by atoms with E-state index in [1.165, 1.54) is 12.2 Å². The van der Waals surface area contributed by atoms with Crippen LogP contribution in [0.4, 0.5) is 0 Å². The highest BCUT2D eigenvalue weighted by Gasteiger charge is 2.07. The summed E-state index contributed by atoms with van der Waals surface area (Å²) in [5, 5.41) is 3.30. The highest BCUT2D eigenvalue weighted by atomic mass is 16.5. The molecule has 0 unspecified atom stereocenters. The van der Waals surface area contributed by atoms with E-state index in [0.717, 1.165) is 0 Å². The molecule has 0 fully saturated rings. The maximum absolute atomic E-state index is 11.1. The van der Waals surface area contributed by atoms with Crippen LogP contribution >= 0.6 is 0 Å². The Kier molecular flexibility index (Phi) is 11.7. The lowest BCUT2D eigenvalue weighted by Gasteiger charge is -2.17. The molecule has 0 aromatic carbocycles. The Balaban J connectivity index is 4.26. The van der Waals surface area contributed by atoms with E-state index >= 15 is 0 Å². The zero-order valence-electron chi connectivity index (χ0n) is 13.9. The van der Waals surface area contributed by atoms with Crippen LogP contribution in [0.2, 0.25) is 0 Å². The number of ether oxygens (including phenoxy) is 2. The number of nitrogens with one attached hydrogen (secondary N) is 1. The third kappa shape index (κ3) is 10.9. The molecule has 0 saturated heterocycles. The molecule has 5 nitrogen and oxygen atoms in total. The lowest BCUT2D eigenvalue weighted by molar-refractivity contribution is -0.138. The first-order valence-electron chi connectivity index (χ1n) is 7.59. The van der Waals surface area contributed by atoms with E-state index in [9.17, 15) is 9.59 Å². The zero-order chi connectivity index (χ0) is 16.8. The van der Waals surface area contributed by atoms with E-state index in [4.69, 9.17) is 9.47 Å². The average Bonchev–Trinajstić information content (AvgIpc) is 2.45. The van der Waals surface area contributed by atoms with E-state index in [1.807, 2.05) is 12.2 Å². The van der Waals surface area contributed by atoms with Crippen LogP contribution in [0.1, 0.15) is 27.7 Å². The Bertz CT molecular complexity index is 411. The molecule has 1 atom stereocenters. The second-order valence-electron chi connectivity index (χ2n) is 4.83. The van der Waals surface area contributed by atoms with Crippen molar-refractivity contribution in [2.24, 2.45) is 5.92 Å². The van der Waals surface area contributed by atoms with Gasteiger partial charge in [0.2, 0.25) is 0 Å². The molecule has 0 aromatic heterocycles. The predicted molar refractivity (Wildman–Crippen MR) is 87.3 cm³/mol. The molecule has 0 bridgehead atoms. The van der Waals surface area contributed by atoms with Crippen LogP contribution in [0.25, 0.3) is 0 Å². The van der Waals surface area contributed by atoms with Crippen molar-refractivity contribution in [2.45, 2.75) is 33.7 Å². The molecular formula is C17H27NO4. The fourth-order valence-electron chi connectivity index (χ4n) is 1.58. The minimum Gasteiger partial charge on any atom is -0.463 e. The first-order chi connectivity index (χ1) is 10.5. The summed E-state index contributed by atoms with van der Waals surface area (Å²) >= 11 is 0. The lowest BCUT2D eigenvalue weighted by Crippen LogP contribution is -2.32. The molecule has 124 valence electrons. The van der Waals surface area contributed by atoms with Crippen molar-refractivity contribution in [3.8, 4) is 0 Å². The maximum Gasteiger partial charge on any atom is 0.330 e. The standard InChI is InChI=1S/C17H27NO4/c1-5-21-16(19)11-8-7-10-15(14(3)4)18-13-9-12-17(20)22-6-2/h7-12,14-15,18H,5-6,13H2,1-4H3/b10-7+,11-8+,12-9+/t15-/m1/s1. The van der Waals surface area contributed by atoms with Crippen molar-refractivity contribution in [3.63, 3.8) is 0 Å². The van der Waals surface area contributed by atoms with Crippen molar-refractivity contribution in [2.75, 3.05) is 19.8 Å². The minimum atomic E-state index is -0.349. The van der Waals surface area contributed by atoms with E-state index in [2.05, 4.69) is 19.2 Å². The zero-order valence-corrected chi connectivity index (χ0v) is 13.9. The van der Waals surface area contributed by atoms with Crippen LogP contribution in [0.15, 0.2) is 36.5 Å². The normalized spacial score (nSPS) is 13.3. The monoisotopic (exact) mass is 309 g/mol. The highest BCUT2D eigenvalue weighted by Crippen LogP contribution is 2.03. The van der Waals surface area contributed by atoms with Crippen molar-refractivity contribution < 1.29 is 19.1 Å². The minimum absolute atomic E-state index is 0.138. The van der Waals surface area contributed by atoms with Crippen LogP contribution in [-0.2, 0) is 19.1 Å². The fraction of sp³-hybridized carbons (Fsp3) is 0.529. The van der Waals surface area contributed by atoms with Gasteiger partial charge in [-0.1, -0.05) is 38.2 Å². The van der Waals surface area contributed by atoms with E-state index in [1.54, 1.807) is 26.0 Å². The summed E-state index contributed by atoms with van der Waals surface area (Å²) < 4.78 is 9.59. The molecule has 22 heavy (non-hydrogen) atoms. The van der Waals surface area contributed by atoms with Gasteiger partial charge in [-0.05, 0) is 19.8 Å². The van der Waals surface area contributed by atoms with Crippen molar-refractivity contribution in [3.05, 3.63) is 36.5 Å². The van der Waals surface area contributed by atoms with Crippen LogP contribution in [0.5, 0.6) is 0 Å². The number of carbonyl (C=O) groups excluding carboxylic acids is 2. The van der Waals surface area contributed by atoms with Gasteiger partial charge in [0.15, 0.2) is 0 Å². The van der Waals surface area contributed by atoms with Crippen molar-refractivity contribution in [1.29, 1.82) is 0 Å². The molecule has 0 aliphatic heterocycles. The second kappa shape index (κ2) is 12.8. The number of allylic oxidation sites excluding steroid dienone is 2. The second-order valence-corrected chi connectivity index (χ2v) is 4.83. The summed E-state index contributed by atoms with van der Waals surface area (Å²) in [4.78, 5) is 22.3. The summed E-state index contributed by atoms with van der Waals surface area (Å²) in [5.41, 5.74) is 0. The Morgan fingerprint density at radius 3 is 2.14 bits per heavy atom. The SMILES string of the molecule is CCOC(=O)/C=C/C=C/[C@@H](NC/C=C/C(=O)OCC)C(C)C. The van der Waals surface area contributed by atoms with E-state index in [-0.39, 0.29) is 18.0 Å². The molecule has 0 heterocycles. The summed E-state index contributed by atoms with van der Waals surface area (Å²) in [6.45, 7) is 9.03. The third-order valence-corrected chi connectivity index (χ3v) is 2.68. The number of esters is 2. The molecule has 0 aromatic rings. The summed E-state index contributed by atoms with van der Waals surface area (Å²) in [5.74, 6) is -0.305. The lowest BCUT2D eigenvalue weighted by atomic mass is 10.0. The molecule has 0 rings (SSSR count). The average molecular weight is 309 g/mol.